The smallest absolute Gasteiger partial charge is 0.244 e. The monoisotopic (exact) mass is 388 g/mol. The van der Waals surface area contributed by atoms with E-state index >= 15 is 0 Å². The van der Waals surface area contributed by atoms with Crippen molar-refractivity contribution in [2.24, 2.45) is 0 Å². The highest BCUT2D eigenvalue weighted by Crippen LogP contribution is 2.32. The Morgan fingerprint density at radius 1 is 1.42 bits per heavy atom. The Labute approximate surface area is 133 Å². The summed E-state index contributed by atoms with van der Waals surface area (Å²) in [5.41, 5.74) is 0. The maximum absolute atomic E-state index is 12.5. The van der Waals surface area contributed by atoms with E-state index in [0.29, 0.717) is 24.0 Å². The maximum atomic E-state index is 12.5. The predicted octanol–water partition coefficient (Wildman–Crippen LogP) is 2.61. The number of rotatable bonds is 3. The maximum Gasteiger partial charge on any atom is 0.244 e. The van der Waals surface area contributed by atoms with E-state index in [9.17, 15) is 8.42 Å². The molecule has 19 heavy (non-hydrogen) atoms. The van der Waals surface area contributed by atoms with E-state index in [1.165, 1.54) is 11.3 Å². The molecule has 0 amide bonds. The van der Waals surface area contributed by atoms with Crippen molar-refractivity contribution in [1.29, 1.82) is 0 Å². The molecule has 8 heteroatoms. The van der Waals surface area contributed by atoms with E-state index in [-0.39, 0.29) is 12.4 Å². The molecular weight excluding hydrogens is 372 g/mol. The lowest BCUT2D eigenvalue weighted by Gasteiger charge is -2.30. The number of halogens is 2. The largest absolute Gasteiger partial charge is 0.317 e. The molecule has 1 saturated heterocycles. The van der Waals surface area contributed by atoms with E-state index in [0.717, 1.165) is 21.5 Å². The summed E-state index contributed by atoms with van der Waals surface area (Å²) in [6.45, 7) is 3.05. The third-order valence-corrected chi connectivity index (χ3v) is 7.03. The SMILES string of the molecule is CNC1CCN(S(=O)(=O)c2cc(Br)sc2C)CC1.Cl. The molecule has 1 aromatic heterocycles. The highest BCUT2D eigenvalue weighted by Gasteiger charge is 2.30. The minimum atomic E-state index is -3.32. The van der Waals surface area contributed by atoms with Crippen molar-refractivity contribution in [3.05, 3.63) is 14.7 Å². The molecule has 2 heterocycles. The number of hydrogen-bond donors (Lipinski definition) is 1. The number of thiophene rings is 1. The molecule has 0 radical (unpaired) electrons. The first-order valence-corrected chi connectivity index (χ1v) is 8.93. The molecule has 4 nitrogen and oxygen atoms in total. The molecule has 0 saturated carbocycles. The highest BCUT2D eigenvalue weighted by atomic mass is 79.9. The molecule has 1 aromatic rings. The Kier molecular flexibility index (Phi) is 6.28. The van der Waals surface area contributed by atoms with Gasteiger partial charge in [0, 0.05) is 24.0 Å². The summed E-state index contributed by atoms with van der Waals surface area (Å²) in [5, 5.41) is 3.20. The second-order valence-electron chi connectivity index (χ2n) is 4.44. The summed E-state index contributed by atoms with van der Waals surface area (Å²) in [6.07, 6.45) is 1.75. The zero-order chi connectivity index (χ0) is 13.3. The Bertz CT molecular complexity index is 525. The van der Waals surface area contributed by atoms with Gasteiger partial charge in [0.15, 0.2) is 0 Å². The standard InChI is InChI=1S/C11H17BrN2O2S2.ClH/c1-8-10(7-11(12)17-8)18(15,16)14-5-3-9(13-2)4-6-14;/h7,9,13H,3-6H2,1-2H3;1H. The van der Waals surface area contributed by atoms with E-state index in [1.54, 1.807) is 10.4 Å². The lowest BCUT2D eigenvalue weighted by atomic mass is 10.1. The Balaban J connectivity index is 0.00000180. The average molecular weight is 390 g/mol. The van der Waals surface area contributed by atoms with Gasteiger partial charge in [0.2, 0.25) is 10.0 Å². The van der Waals surface area contributed by atoms with Crippen molar-refractivity contribution >= 4 is 49.7 Å². The normalized spacial score (nSPS) is 18.3. The van der Waals surface area contributed by atoms with Gasteiger partial charge >= 0.3 is 0 Å². The Hall–Kier alpha value is 0.340. The van der Waals surface area contributed by atoms with E-state index in [1.807, 2.05) is 14.0 Å². The first-order chi connectivity index (χ1) is 8.45. The average Bonchev–Trinajstić information content (AvgIpc) is 2.69. The molecule has 0 aliphatic carbocycles. The minimum absolute atomic E-state index is 0. The van der Waals surface area contributed by atoms with Gasteiger partial charge in [-0.2, -0.15) is 4.31 Å². The van der Waals surface area contributed by atoms with Crippen molar-refractivity contribution in [3.8, 4) is 0 Å². The molecule has 1 aliphatic rings. The minimum Gasteiger partial charge on any atom is -0.317 e. The number of piperidine rings is 1. The second kappa shape index (κ2) is 6.87. The van der Waals surface area contributed by atoms with Crippen LogP contribution in [0.15, 0.2) is 14.7 Å². The fourth-order valence-corrected chi connectivity index (χ4v) is 6.06. The van der Waals surface area contributed by atoms with Crippen LogP contribution in [-0.2, 0) is 10.0 Å². The first kappa shape index (κ1) is 17.4. The van der Waals surface area contributed by atoms with Crippen LogP contribution in [0.25, 0.3) is 0 Å². The molecule has 1 aliphatic heterocycles. The predicted molar refractivity (Wildman–Crippen MR) is 84.8 cm³/mol. The molecular formula is C11H18BrClN2O2S2. The summed E-state index contributed by atoms with van der Waals surface area (Å²) in [5.74, 6) is 0. The van der Waals surface area contributed by atoms with Gasteiger partial charge in [0.25, 0.3) is 0 Å². The zero-order valence-corrected chi connectivity index (χ0v) is 14.9. The van der Waals surface area contributed by atoms with Crippen LogP contribution in [0.3, 0.4) is 0 Å². The van der Waals surface area contributed by atoms with Crippen molar-refractivity contribution in [1.82, 2.24) is 9.62 Å². The van der Waals surface area contributed by atoms with Gasteiger partial charge in [-0.1, -0.05) is 0 Å². The molecule has 110 valence electrons. The Morgan fingerprint density at radius 2 is 2.00 bits per heavy atom. The molecule has 0 atom stereocenters. The fraction of sp³-hybridized carbons (Fsp3) is 0.636. The van der Waals surface area contributed by atoms with Gasteiger partial charge in [0.1, 0.15) is 0 Å². The lowest BCUT2D eigenvalue weighted by molar-refractivity contribution is 0.298. The first-order valence-electron chi connectivity index (χ1n) is 5.88. The molecule has 2 rings (SSSR count). The van der Waals surface area contributed by atoms with Crippen LogP contribution in [0.1, 0.15) is 17.7 Å². The molecule has 1 N–H and O–H groups in total. The van der Waals surface area contributed by atoms with Crippen molar-refractivity contribution < 1.29 is 8.42 Å². The van der Waals surface area contributed by atoms with Crippen molar-refractivity contribution in [2.75, 3.05) is 20.1 Å². The number of sulfonamides is 1. The topological polar surface area (TPSA) is 49.4 Å². The third-order valence-electron chi connectivity index (χ3n) is 3.32. The van der Waals surface area contributed by atoms with Crippen molar-refractivity contribution in [2.45, 2.75) is 30.7 Å². The molecule has 1 fully saturated rings. The molecule has 0 bridgehead atoms. The van der Waals surface area contributed by atoms with Crippen LogP contribution >= 0.6 is 39.7 Å². The zero-order valence-electron chi connectivity index (χ0n) is 10.8. The molecule has 0 aromatic carbocycles. The quantitative estimate of drug-likeness (QED) is 0.864. The van der Waals surface area contributed by atoms with E-state index in [2.05, 4.69) is 21.2 Å². The van der Waals surface area contributed by atoms with Crippen LogP contribution in [0.2, 0.25) is 0 Å². The van der Waals surface area contributed by atoms with E-state index in [4.69, 9.17) is 0 Å². The van der Waals surface area contributed by atoms with Gasteiger partial charge in [-0.15, -0.1) is 23.7 Å². The van der Waals surface area contributed by atoms with Crippen LogP contribution in [-0.4, -0.2) is 38.9 Å². The third kappa shape index (κ3) is 3.71. The summed E-state index contributed by atoms with van der Waals surface area (Å²) in [6, 6.07) is 2.14. The summed E-state index contributed by atoms with van der Waals surface area (Å²) in [7, 11) is -1.39. The fourth-order valence-electron chi connectivity index (χ4n) is 2.21. The number of aryl methyl sites for hydroxylation is 1. The molecule has 0 unspecified atom stereocenters. The van der Waals surface area contributed by atoms with Gasteiger partial charge in [-0.3, -0.25) is 0 Å². The van der Waals surface area contributed by atoms with E-state index < -0.39 is 10.0 Å². The summed E-state index contributed by atoms with van der Waals surface area (Å²) < 4.78 is 27.5. The van der Waals surface area contributed by atoms with Crippen molar-refractivity contribution in [3.63, 3.8) is 0 Å². The Morgan fingerprint density at radius 3 is 2.42 bits per heavy atom. The van der Waals surface area contributed by atoms with Crippen LogP contribution in [0.5, 0.6) is 0 Å². The van der Waals surface area contributed by atoms with Crippen LogP contribution in [0.4, 0.5) is 0 Å². The van der Waals surface area contributed by atoms with Gasteiger partial charge in [0.05, 0.1) is 8.68 Å². The number of hydrogen-bond acceptors (Lipinski definition) is 4. The van der Waals surface area contributed by atoms with Gasteiger partial charge in [-0.05, 0) is 48.8 Å². The summed E-state index contributed by atoms with van der Waals surface area (Å²) in [4.78, 5) is 1.29. The van der Waals surface area contributed by atoms with Gasteiger partial charge < -0.3 is 5.32 Å². The van der Waals surface area contributed by atoms with Crippen LogP contribution < -0.4 is 5.32 Å². The summed E-state index contributed by atoms with van der Waals surface area (Å²) >= 11 is 4.81. The lowest BCUT2D eigenvalue weighted by Crippen LogP contribution is -2.43. The number of nitrogens with zero attached hydrogens (tertiary/aromatic N) is 1. The highest BCUT2D eigenvalue weighted by molar-refractivity contribution is 9.11. The molecule has 0 spiro atoms. The second-order valence-corrected chi connectivity index (χ2v) is 8.98. The van der Waals surface area contributed by atoms with Crippen LogP contribution in [0, 0.1) is 6.92 Å². The number of nitrogens with one attached hydrogen (secondary N) is 1. The van der Waals surface area contributed by atoms with Gasteiger partial charge in [-0.25, -0.2) is 8.42 Å².